The summed E-state index contributed by atoms with van der Waals surface area (Å²) in [5.41, 5.74) is 1.34. The maximum absolute atomic E-state index is 6.00. The quantitative estimate of drug-likeness (QED) is 0.347. The Bertz CT molecular complexity index is 711. The fourth-order valence-corrected chi connectivity index (χ4v) is 3.65. The van der Waals surface area contributed by atoms with Crippen LogP contribution in [0.1, 0.15) is 30.6 Å². The van der Waals surface area contributed by atoms with Crippen LogP contribution >= 0.6 is 0 Å². The van der Waals surface area contributed by atoms with E-state index in [2.05, 4.69) is 40.5 Å². The molecule has 0 aliphatic carbocycles. The summed E-state index contributed by atoms with van der Waals surface area (Å²) in [4.78, 5) is 7.24. The lowest BCUT2D eigenvalue weighted by Crippen LogP contribution is -2.47. The van der Waals surface area contributed by atoms with E-state index in [0.29, 0.717) is 12.6 Å². The van der Waals surface area contributed by atoms with Crippen molar-refractivity contribution in [3.63, 3.8) is 0 Å². The number of nitrogens with one attached hydrogen (secondary N) is 1. The van der Waals surface area contributed by atoms with Crippen LogP contribution in [0.25, 0.3) is 0 Å². The number of rotatable bonds is 11. The molecule has 2 heterocycles. The molecule has 0 unspecified atom stereocenters. The Hall–Kier alpha value is -2.31. The van der Waals surface area contributed by atoms with Crippen molar-refractivity contribution in [3.05, 3.63) is 60.1 Å². The first-order valence-corrected chi connectivity index (χ1v) is 11.1. The first-order valence-electron chi connectivity index (χ1n) is 11.1. The van der Waals surface area contributed by atoms with Gasteiger partial charge in [0.05, 0.1) is 12.4 Å². The van der Waals surface area contributed by atoms with E-state index < -0.39 is 0 Å². The van der Waals surface area contributed by atoms with Gasteiger partial charge in [0.2, 0.25) is 0 Å². The minimum atomic E-state index is 0.340. The normalized spacial score (nSPS) is 15.5. The second kappa shape index (κ2) is 13.1. The summed E-state index contributed by atoms with van der Waals surface area (Å²) in [6.07, 6.45) is 6.88. The fraction of sp³-hybridized carbons (Fsp3) is 0.542. The highest BCUT2D eigenvalue weighted by atomic mass is 16.5. The van der Waals surface area contributed by atoms with Crippen LogP contribution in [-0.4, -0.2) is 63.5 Å². The molecule has 164 valence electrons. The Balaban J connectivity index is 1.48. The molecule has 6 heteroatoms. The van der Waals surface area contributed by atoms with Crippen LogP contribution < -0.4 is 5.32 Å². The van der Waals surface area contributed by atoms with E-state index in [-0.39, 0.29) is 0 Å². The molecule has 0 radical (unpaired) electrons. The van der Waals surface area contributed by atoms with E-state index in [4.69, 9.17) is 18.9 Å². The number of furan rings is 1. The zero-order chi connectivity index (χ0) is 20.9. The van der Waals surface area contributed by atoms with Gasteiger partial charge in [-0.25, -0.2) is 0 Å². The van der Waals surface area contributed by atoms with Gasteiger partial charge in [0, 0.05) is 52.9 Å². The van der Waals surface area contributed by atoms with Crippen molar-refractivity contribution in [1.29, 1.82) is 0 Å². The highest BCUT2D eigenvalue weighted by Crippen LogP contribution is 2.14. The zero-order valence-corrected chi connectivity index (χ0v) is 18.1. The van der Waals surface area contributed by atoms with Crippen molar-refractivity contribution in [2.75, 3.05) is 46.5 Å². The van der Waals surface area contributed by atoms with Crippen LogP contribution in [0.15, 0.2) is 58.1 Å². The number of hydrogen-bond acceptors (Lipinski definition) is 4. The van der Waals surface area contributed by atoms with Gasteiger partial charge in [0.1, 0.15) is 5.76 Å². The Morgan fingerprint density at radius 2 is 1.93 bits per heavy atom. The molecule has 0 bridgehead atoms. The lowest BCUT2D eigenvalue weighted by molar-refractivity contribution is 0.00990. The average Bonchev–Trinajstić information content (AvgIpc) is 3.30. The van der Waals surface area contributed by atoms with Crippen molar-refractivity contribution in [2.24, 2.45) is 4.99 Å². The first-order chi connectivity index (χ1) is 14.8. The molecule has 1 aromatic heterocycles. The number of hydrogen-bond donors (Lipinski definition) is 1. The molecular weight excluding hydrogens is 378 g/mol. The number of likely N-dealkylation sites (tertiary alicyclic amines) is 1. The van der Waals surface area contributed by atoms with Gasteiger partial charge in [-0.1, -0.05) is 30.3 Å². The molecule has 3 rings (SSSR count). The van der Waals surface area contributed by atoms with Gasteiger partial charge in [0.25, 0.3) is 0 Å². The largest absolute Gasteiger partial charge is 0.469 e. The summed E-state index contributed by atoms with van der Waals surface area (Å²) in [6.45, 7) is 5.06. The van der Waals surface area contributed by atoms with E-state index in [1.165, 1.54) is 5.56 Å². The van der Waals surface area contributed by atoms with Crippen LogP contribution in [0.4, 0.5) is 0 Å². The smallest absolute Gasteiger partial charge is 0.193 e. The van der Waals surface area contributed by atoms with E-state index in [0.717, 1.165) is 76.7 Å². The van der Waals surface area contributed by atoms with Gasteiger partial charge < -0.3 is 24.1 Å². The second-order valence-corrected chi connectivity index (χ2v) is 7.60. The fourth-order valence-electron chi connectivity index (χ4n) is 3.65. The Labute approximate surface area is 180 Å². The van der Waals surface area contributed by atoms with E-state index >= 15 is 0 Å². The third-order valence-electron chi connectivity index (χ3n) is 5.33. The third-order valence-corrected chi connectivity index (χ3v) is 5.33. The molecule has 0 spiro atoms. The number of guanidine groups is 1. The van der Waals surface area contributed by atoms with Gasteiger partial charge in [-0.3, -0.25) is 4.99 Å². The average molecular weight is 414 g/mol. The predicted octanol–water partition coefficient (Wildman–Crippen LogP) is 3.53. The van der Waals surface area contributed by atoms with E-state index in [1.807, 2.05) is 12.1 Å². The first kappa shape index (κ1) is 22.4. The van der Waals surface area contributed by atoms with Gasteiger partial charge >= 0.3 is 0 Å². The van der Waals surface area contributed by atoms with E-state index in [1.54, 1.807) is 13.4 Å². The van der Waals surface area contributed by atoms with E-state index in [9.17, 15) is 0 Å². The zero-order valence-electron chi connectivity index (χ0n) is 18.1. The number of ether oxygens (including phenoxy) is 2. The molecule has 2 aromatic rings. The van der Waals surface area contributed by atoms with Gasteiger partial charge in [-0.2, -0.15) is 0 Å². The number of benzene rings is 1. The Morgan fingerprint density at radius 3 is 2.67 bits per heavy atom. The van der Waals surface area contributed by atoms with Crippen LogP contribution in [0.5, 0.6) is 0 Å². The summed E-state index contributed by atoms with van der Waals surface area (Å²) in [5.74, 6) is 1.97. The van der Waals surface area contributed by atoms with Crippen molar-refractivity contribution in [1.82, 2.24) is 10.2 Å². The highest BCUT2D eigenvalue weighted by Gasteiger charge is 2.22. The highest BCUT2D eigenvalue weighted by molar-refractivity contribution is 5.80. The van der Waals surface area contributed by atoms with Crippen LogP contribution in [-0.2, 0) is 22.3 Å². The maximum atomic E-state index is 6.00. The molecule has 0 atom stereocenters. The van der Waals surface area contributed by atoms with Gasteiger partial charge in [-0.05, 0) is 43.4 Å². The van der Waals surface area contributed by atoms with Gasteiger partial charge in [-0.15, -0.1) is 0 Å². The molecular formula is C24H35N3O3. The topological polar surface area (TPSA) is 59.2 Å². The lowest BCUT2D eigenvalue weighted by atomic mass is 10.1. The SMILES string of the molecule is COCCCOC1CCN(C(=NCCc2ccco2)NCCc2ccccc2)CC1. The van der Waals surface area contributed by atoms with Crippen molar-refractivity contribution >= 4 is 5.96 Å². The van der Waals surface area contributed by atoms with Crippen LogP contribution in [0.2, 0.25) is 0 Å². The molecule has 1 N–H and O–H groups in total. The predicted molar refractivity (Wildman–Crippen MR) is 120 cm³/mol. The summed E-state index contributed by atoms with van der Waals surface area (Å²) in [5, 5.41) is 3.58. The number of nitrogens with zero attached hydrogens (tertiary/aromatic N) is 2. The van der Waals surface area contributed by atoms with Crippen molar-refractivity contribution in [3.8, 4) is 0 Å². The molecule has 1 aromatic carbocycles. The molecule has 0 saturated carbocycles. The summed E-state index contributed by atoms with van der Waals surface area (Å²) < 4.78 is 16.5. The molecule has 1 saturated heterocycles. The summed E-state index contributed by atoms with van der Waals surface area (Å²) in [7, 11) is 1.73. The third kappa shape index (κ3) is 7.84. The van der Waals surface area contributed by atoms with Crippen molar-refractivity contribution < 1.29 is 13.9 Å². The summed E-state index contributed by atoms with van der Waals surface area (Å²) in [6, 6.07) is 14.5. The monoisotopic (exact) mass is 413 g/mol. The minimum Gasteiger partial charge on any atom is -0.469 e. The van der Waals surface area contributed by atoms with Crippen LogP contribution in [0, 0.1) is 0 Å². The number of methoxy groups -OCH3 is 1. The van der Waals surface area contributed by atoms with Gasteiger partial charge in [0.15, 0.2) is 5.96 Å². The second-order valence-electron chi connectivity index (χ2n) is 7.60. The molecule has 30 heavy (non-hydrogen) atoms. The Kier molecular flexibility index (Phi) is 9.76. The maximum Gasteiger partial charge on any atom is 0.193 e. The molecule has 6 nitrogen and oxygen atoms in total. The van der Waals surface area contributed by atoms with Crippen LogP contribution in [0.3, 0.4) is 0 Å². The minimum absolute atomic E-state index is 0.340. The number of aliphatic imine (C=N–C) groups is 1. The Morgan fingerprint density at radius 1 is 1.10 bits per heavy atom. The molecule has 1 fully saturated rings. The molecule has 0 amide bonds. The molecule has 1 aliphatic heterocycles. The molecule has 1 aliphatic rings. The summed E-state index contributed by atoms with van der Waals surface area (Å²) >= 11 is 0. The lowest BCUT2D eigenvalue weighted by Gasteiger charge is -2.34. The standard InChI is InChI=1S/C24H35N3O3/c1-28-18-6-20-30-23-12-16-27(17-13-23)24(26-15-11-22-9-5-19-29-22)25-14-10-21-7-3-2-4-8-21/h2-5,7-9,19,23H,6,10-18,20H2,1H3,(H,25,26). The number of piperidine rings is 1. The van der Waals surface area contributed by atoms with Crippen molar-refractivity contribution in [2.45, 2.75) is 38.2 Å².